The van der Waals surface area contributed by atoms with E-state index in [2.05, 4.69) is 34.7 Å². The number of fused-ring (bicyclic) bond motifs is 2. The Morgan fingerprint density at radius 2 is 2.20 bits per heavy atom. The van der Waals surface area contributed by atoms with Crippen molar-refractivity contribution < 1.29 is 9.53 Å². The summed E-state index contributed by atoms with van der Waals surface area (Å²) in [5, 5.41) is 7.68. The monoisotopic (exact) mass is 339 g/mol. The maximum absolute atomic E-state index is 12.9. The third-order valence-corrected chi connectivity index (χ3v) is 5.92. The average molecular weight is 339 g/mol. The number of nitrogens with zero attached hydrogens (tertiary/aromatic N) is 2. The van der Waals surface area contributed by atoms with Gasteiger partial charge in [-0.05, 0) is 44.2 Å². The summed E-state index contributed by atoms with van der Waals surface area (Å²) in [5.74, 6) is 0.214. The first-order valence-corrected chi connectivity index (χ1v) is 8.99. The minimum Gasteiger partial charge on any atom is -0.383 e. The predicted molar refractivity (Wildman–Crippen MR) is 96.8 cm³/mol. The molecule has 1 aromatic carbocycles. The molecule has 0 bridgehead atoms. The number of anilines is 1. The zero-order valence-electron chi connectivity index (χ0n) is 15.1. The normalized spacial score (nSPS) is 23.7. The Kier molecular flexibility index (Phi) is 3.91. The molecule has 0 aliphatic heterocycles. The van der Waals surface area contributed by atoms with Gasteiger partial charge < -0.3 is 10.1 Å². The van der Waals surface area contributed by atoms with E-state index in [0.717, 1.165) is 36.3 Å². The molecule has 2 aromatic rings. The van der Waals surface area contributed by atoms with Crippen LogP contribution in [0.25, 0.3) is 0 Å². The smallest absolute Gasteiger partial charge is 0.228 e. The molecule has 5 nitrogen and oxygen atoms in total. The van der Waals surface area contributed by atoms with Gasteiger partial charge in [0.05, 0.1) is 30.2 Å². The van der Waals surface area contributed by atoms with Gasteiger partial charge in [0.15, 0.2) is 0 Å². The van der Waals surface area contributed by atoms with Crippen LogP contribution in [0.4, 0.5) is 5.69 Å². The maximum atomic E-state index is 12.9. The van der Waals surface area contributed by atoms with Gasteiger partial charge in [-0.3, -0.25) is 9.48 Å². The number of amides is 1. The number of carbonyl (C=O) groups is 1. The van der Waals surface area contributed by atoms with Gasteiger partial charge in [0, 0.05) is 18.4 Å². The van der Waals surface area contributed by atoms with Crippen LogP contribution < -0.4 is 5.32 Å². The quantitative estimate of drug-likeness (QED) is 0.911. The molecule has 2 aliphatic rings. The van der Waals surface area contributed by atoms with Gasteiger partial charge in [0.2, 0.25) is 5.91 Å². The summed E-state index contributed by atoms with van der Waals surface area (Å²) in [7, 11) is 1.68. The van der Waals surface area contributed by atoms with Crippen molar-refractivity contribution in [3.05, 3.63) is 46.8 Å². The molecule has 4 rings (SSSR count). The van der Waals surface area contributed by atoms with Crippen molar-refractivity contribution in [2.45, 2.75) is 45.1 Å². The van der Waals surface area contributed by atoms with E-state index in [4.69, 9.17) is 4.74 Å². The van der Waals surface area contributed by atoms with E-state index in [9.17, 15) is 4.79 Å². The number of methoxy groups -OCH3 is 1. The fourth-order valence-electron chi connectivity index (χ4n) is 4.42. The molecule has 2 aliphatic carbocycles. The topological polar surface area (TPSA) is 56.1 Å². The fraction of sp³-hybridized carbons (Fsp3) is 0.500. The van der Waals surface area contributed by atoms with Gasteiger partial charge in [-0.2, -0.15) is 5.10 Å². The molecule has 1 saturated carbocycles. The van der Waals surface area contributed by atoms with Gasteiger partial charge in [-0.25, -0.2) is 0 Å². The number of carbonyl (C=O) groups excluding carboxylic acids is 1. The van der Waals surface area contributed by atoms with Crippen molar-refractivity contribution in [3.8, 4) is 0 Å². The predicted octanol–water partition coefficient (Wildman–Crippen LogP) is 2.99. The lowest BCUT2D eigenvalue weighted by Crippen LogP contribution is -2.20. The number of hydrogen-bond donors (Lipinski definition) is 1. The molecule has 2 unspecified atom stereocenters. The van der Waals surface area contributed by atoms with Crippen molar-refractivity contribution in [2.75, 3.05) is 19.0 Å². The van der Waals surface area contributed by atoms with Crippen LogP contribution in [-0.2, 0) is 27.9 Å². The first kappa shape index (κ1) is 16.3. The van der Waals surface area contributed by atoms with Crippen LogP contribution in [0.5, 0.6) is 0 Å². The molecule has 5 heteroatoms. The molecule has 1 spiro atoms. The van der Waals surface area contributed by atoms with Crippen molar-refractivity contribution in [1.29, 1.82) is 0 Å². The third-order valence-electron chi connectivity index (χ3n) is 5.92. The lowest BCUT2D eigenvalue weighted by Gasteiger charge is -2.12. The third kappa shape index (κ3) is 2.58. The van der Waals surface area contributed by atoms with Gasteiger partial charge >= 0.3 is 0 Å². The molecular weight excluding hydrogens is 314 g/mol. The van der Waals surface area contributed by atoms with E-state index in [-0.39, 0.29) is 17.2 Å². The molecule has 1 N–H and O–H groups in total. The highest BCUT2D eigenvalue weighted by atomic mass is 16.5. The molecule has 132 valence electrons. The summed E-state index contributed by atoms with van der Waals surface area (Å²) in [6, 6.07) is 8.59. The summed E-state index contributed by atoms with van der Waals surface area (Å²) in [5.41, 5.74) is 5.59. The number of nitrogens with one attached hydrogen (secondary N) is 1. The summed E-state index contributed by atoms with van der Waals surface area (Å²) >= 11 is 0. The Morgan fingerprint density at radius 1 is 1.40 bits per heavy atom. The summed E-state index contributed by atoms with van der Waals surface area (Å²) in [6.07, 6.45) is 3.15. The highest BCUT2D eigenvalue weighted by Gasteiger charge is 2.61. The van der Waals surface area contributed by atoms with E-state index in [0.29, 0.717) is 13.2 Å². The molecule has 2 atom stereocenters. The average Bonchev–Trinajstić information content (AvgIpc) is 3.15. The van der Waals surface area contributed by atoms with E-state index in [1.165, 1.54) is 11.1 Å². The SMILES string of the molecule is COCCn1nc(C)c(NC(=O)C2CC23CCc2ccccc23)c1C. The number of ether oxygens (including phenoxy) is 1. The second-order valence-electron chi connectivity index (χ2n) is 7.32. The molecule has 1 aromatic heterocycles. The molecule has 0 saturated heterocycles. The number of benzene rings is 1. The zero-order chi connectivity index (χ0) is 17.6. The minimum atomic E-state index is 0.0779. The standard InChI is InChI=1S/C20H25N3O2/c1-13-18(14(2)23(22-13)10-11-25-3)21-19(24)17-12-20(17)9-8-15-6-4-5-7-16(15)20/h4-7,17H,8-12H2,1-3H3,(H,21,24). The van der Waals surface area contributed by atoms with Gasteiger partial charge in [-0.1, -0.05) is 24.3 Å². The van der Waals surface area contributed by atoms with Crippen LogP contribution >= 0.6 is 0 Å². The Hall–Kier alpha value is -2.14. The highest BCUT2D eigenvalue weighted by Crippen LogP contribution is 2.61. The zero-order valence-corrected chi connectivity index (χ0v) is 15.1. The second-order valence-corrected chi connectivity index (χ2v) is 7.32. The minimum absolute atomic E-state index is 0.0779. The Bertz CT molecular complexity index is 826. The lowest BCUT2D eigenvalue weighted by atomic mass is 9.95. The molecule has 0 radical (unpaired) electrons. The largest absolute Gasteiger partial charge is 0.383 e. The van der Waals surface area contributed by atoms with Gasteiger partial charge in [-0.15, -0.1) is 0 Å². The first-order chi connectivity index (χ1) is 12.1. The van der Waals surface area contributed by atoms with Crippen LogP contribution in [0.3, 0.4) is 0 Å². The lowest BCUT2D eigenvalue weighted by molar-refractivity contribution is -0.117. The fourth-order valence-corrected chi connectivity index (χ4v) is 4.42. The van der Waals surface area contributed by atoms with E-state index < -0.39 is 0 Å². The Morgan fingerprint density at radius 3 is 3.00 bits per heavy atom. The Balaban J connectivity index is 1.51. The number of aromatic nitrogens is 2. The van der Waals surface area contributed by atoms with Gasteiger partial charge in [0.1, 0.15) is 0 Å². The van der Waals surface area contributed by atoms with Crippen LogP contribution in [0, 0.1) is 19.8 Å². The molecule has 1 amide bonds. The Labute approximate surface area is 148 Å². The highest BCUT2D eigenvalue weighted by molar-refractivity contribution is 5.97. The number of rotatable bonds is 5. The first-order valence-electron chi connectivity index (χ1n) is 8.99. The second kappa shape index (κ2) is 5.99. The van der Waals surface area contributed by atoms with Crippen molar-refractivity contribution in [1.82, 2.24) is 9.78 Å². The van der Waals surface area contributed by atoms with Crippen LogP contribution in [0.1, 0.15) is 35.4 Å². The van der Waals surface area contributed by atoms with Crippen LogP contribution in [0.2, 0.25) is 0 Å². The van der Waals surface area contributed by atoms with Crippen molar-refractivity contribution >= 4 is 11.6 Å². The van der Waals surface area contributed by atoms with E-state index in [1.54, 1.807) is 7.11 Å². The molecular formula is C20H25N3O2. The van der Waals surface area contributed by atoms with Crippen molar-refractivity contribution in [3.63, 3.8) is 0 Å². The maximum Gasteiger partial charge on any atom is 0.228 e. The van der Waals surface area contributed by atoms with E-state index in [1.807, 2.05) is 18.5 Å². The molecule has 1 heterocycles. The number of aryl methyl sites for hydroxylation is 2. The van der Waals surface area contributed by atoms with Crippen LogP contribution in [-0.4, -0.2) is 29.4 Å². The van der Waals surface area contributed by atoms with Crippen LogP contribution in [0.15, 0.2) is 24.3 Å². The summed E-state index contributed by atoms with van der Waals surface area (Å²) in [4.78, 5) is 12.9. The van der Waals surface area contributed by atoms with E-state index >= 15 is 0 Å². The summed E-state index contributed by atoms with van der Waals surface area (Å²) in [6.45, 7) is 5.25. The van der Waals surface area contributed by atoms with Gasteiger partial charge in [0.25, 0.3) is 0 Å². The molecule has 25 heavy (non-hydrogen) atoms. The number of hydrogen-bond acceptors (Lipinski definition) is 3. The molecule has 1 fully saturated rings. The van der Waals surface area contributed by atoms with Crippen molar-refractivity contribution in [2.24, 2.45) is 5.92 Å². The summed E-state index contributed by atoms with van der Waals surface area (Å²) < 4.78 is 7.03.